The summed E-state index contributed by atoms with van der Waals surface area (Å²) >= 11 is 0. The molecule has 2 aromatic carbocycles. The molecule has 7 nitrogen and oxygen atoms in total. The fourth-order valence-corrected chi connectivity index (χ4v) is 3.48. The van der Waals surface area contributed by atoms with Crippen molar-refractivity contribution >= 4 is 19.4 Å². The lowest BCUT2D eigenvalue weighted by atomic mass is 10.1. The second-order valence-corrected chi connectivity index (χ2v) is 8.59. The highest BCUT2D eigenvalue weighted by Gasteiger charge is 2.28. The van der Waals surface area contributed by atoms with E-state index in [1.165, 1.54) is 6.66 Å². The molecule has 0 saturated heterocycles. The van der Waals surface area contributed by atoms with Crippen molar-refractivity contribution in [3.05, 3.63) is 71.8 Å². The standard InChI is InChI=1S/C19H22NO6P/c1-27(24,14-20-19(23)25-13-16-10-6-3-7-11-16)26-17(18(21)22)12-15-8-4-2-5-9-15/h2-11,17H,12-14H2,1H3,(H,20,23)(H,21,22). The van der Waals surface area contributed by atoms with E-state index in [9.17, 15) is 19.3 Å². The van der Waals surface area contributed by atoms with Gasteiger partial charge in [0.2, 0.25) is 7.37 Å². The zero-order valence-corrected chi connectivity index (χ0v) is 15.8. The SMILES string of the molecule is CP(=O)(CNC(=O)OCc1ccccc1)OC(Cc1ccccc1)C(=O)O. The maximum atomic E-state index is 12.5. The molecule has 144 valence electrons. The van der Waals surface area contributed by atoms with E-state index in [2.05, 4.69) is 5.32 Å². The highest BCUT2D eigenvalue weighted by molar-refractivity contribution is 7.58. The summed E-state index contributed by atoms with van der Waals surface area (Å²) in [6.07, 6.45) is -2.27. The van der Waals surface area contributed by atoms with Gasteiger partial charge in [-0.1, -0.05) is 60.7 Å². The molecule has 0 radical (unpaired) electrons. The van der Waals surface area contributed by atoms with Crippen LogP contribution in [0.3, 0.4) is 0 Å². The molecule has 2 rings (SSSR count). The Kier molecular flexibility index (Phi) is 7.58. The number of hydrogen-bond donors (Lipinski definition) is 2. The van der Waals surface area contributed by atoms with Crippen LogP contribution in [0.15, 0.2) is 60.7 Å². The number of amides is 1. The lowest BCUT2D eigenvalue weighted by Crippen LogP contribution is -2.29. The minimum Gasteiger partial charge on any atom is -0.479 e. The Morgan fingerprint density at radius 1 is 1.04 bits per heavy atom. The number of carbonyl (C=O) groups excluding carboxylic acids is 1. The van der Waals surface area contributed by atoms with Crippen molar-refractivity contribution in [1.29, 1.82) is 0 Å². The fraction of sp³-hybridized carbons (Fsp3) is 0.263. The first-order chi connectivity index (χ1) is 12.9. The molecule has 0 aliphatic carbocycles. The average molecular weight is 391 g/mol. The Labute approximate surface area is 157 Å². The van der Waals surface area contributed by atoms with E-state index in [4.69, 9.17) is 9.26 Å². The van der Waals surface area contributed by atoms with E-state index in [-0.39, 0.29) is 19.3 Å². The number of carboxylic acids is 1. The van der Waals surface area contributed by atoms with Crippen LogP contribution in [0.2, 0.25) is 0 Å². The molecule has 2 unspecified atom stereocenters. The van der Waals surface area contributed by atoms with Gasteiger partial charge in [0.25, 0.3) is 0 Å². The van der Waals surface area contributed by atoms with Crippen LogP contribution in [-0.4, -0.2) is 36.2 Å². The number of ether oxygens (including phenoxy) is 1. The molecular formula is C19H22NO6P. The Balaban J connectivity index is 1.83. The second-order valence-electron chi connectivity index (χ2n) is 6.03. The summed E-state index contributed by atoms with van der Waals surface area (Å²) in [7, 11) is -3.38. The lowest BCUT2D eigenvalue weighted by Gasteiger charge is -2.20. The largest absolute Gasteiger partial charge is 0.479 e. The third-order valence-electron chi connectivity index (χ3n) is 3.61. The number of carboxylic acid groups (broad SMARTS) is 1. The van der Waals surface area contributed by atoms with Crippen molar-refractivity contribution in [1.82, 2.24) is 5.32 Å². The third kappa shape index (κ3) is 7.64. The fourth-order valence-electron chi connectivity index (χ4n) is 2.29. The molecule has 0 saturated carbocycles. The highest BCUT2D eigenvalue weighted by Crippen LogP contribution is 2.43. The van der Waals surface area contributed by atoms with E-state index in [0.29, 0.717) is 0 Å². The number of carbonyl (C=O) groups is 2. The van der Waals surface area contributed by atoms with Crippen LogP contribution in [0, 0.1) is 0 Å². The summed E-state index contributed by atoms with van der Waals surface area (Å²) in [4.78, 5) is 23.2. The van der Waals surface area contributed by atoms with Gasteiger partial charge in [-0.2, -0.15) is 0 Å². The van der Waals surface area contributed by atoms with Crippen LogP contribution in [-0.2, 0) is 31.6 Å². The minimum absolute atomic E-state index is 0.0759. The topological polar surface area (TPSA) is 102 Å². The smallest absolute Gasteiger partial charge is 0.407 e. The summed E-state index contributed by atoms with van der Waals surface area (Å²) in [6, 6.07) is 18.0. The van der Waals surface area contributed by atoms with Crippen LogP contribution in [0.1, 0.15) is 11.1 Å². The van der Waals surface area contributed by atoms with Crippen LogP contribution in [0.5, 0.6) is 0 Å². The average Bonchev–Trinajstić information content (AvgIpc) is 2.66. The van der Waals surface area contributed by atoms with Gasteiger partial charge in [0.05, 0.1) is 6.29 Å². The molecular weight excluding hydrogens is 369 g/mol. The summed E-state index contributed by atoms with van der Waals surface area (Å²) < 4.78 is 22.9. The molecule has 0 bridgehead atoms. The number of benzene rings is 2. The van der Waals surface area contributed by atoms with Crippen molar-refractivity contribution < 1.29 is 28.5 Å². The van der Waals surface area contributed by atoms with Crippen molar-refractivity contribution in [2.75, 3.05) is 13.0 Å². The van der Waals surface area contributed by atoms with E-state index in [1.54, 1.807) is 24.3 Å². The number of nitrogens with one attached hydrogen (secondary N) is 1. The molecule has 0 aromatic heterocycles. The quantitative estimate of drug-likeness (QED) is 0.635. The molecule has 2 N–H and O–H groups in total. The van der Waals surface area contributed by atoms with Gasteiger partial charge in [0, 0.05) is 13.1 Å². The van der Waals surface area contributed by atoms with E-state index < -0.39 is 25.5 Å². The minimum atomic E-state index is -3.38. The van der Waals surface area contributed by atoms with E-state index >= 15 is 0 Å². The molecule has 2 atom stereocenters. The Hall–Kier alpha value is -2.63. The Bertz CT molecular complexity index is 796. The second kappa shape index (κ2) is 9.90. The van der Waals surface area contributed by atoms with Gasteiger partial charge in [-0.3, -0.25) is 4.57 Å². The first kappa shape index (κ1) is 20.7. The van der Waals surface area contributed by atoms with Gasteiger partial charge in [-0.25, -0.2) is 9.59 Å². The normalized spacial score (nSPS) is 14.0. The summed E-state index contributed by atoms with van der Waals surface area (Å²) in [5.74, 6) is -1.22. The van der Waals surface area contributed by atoms with Gasteiger partial charge in [0.1, 0.15) is 6.61 Å². The third-order valence-corrected chi connectivity index (χ3v) is 5.05. The predicted molar refractivity (Wildman–Crippen MR) is 101 cm³/mol. The Morgan fingerprint density at radius 2 is 1.59 bits per heavy atom. The van der Waals surface area contributed by atoms with Gasteiger partial charge in [0.15, 0.2) is 6.10 Å². The first-order valence-electron chi connectivity index (χ1n) is 8.32. The molecule has 0 aliphatic rings. The van der Waals surface area contributed by atoms with Gasteiger partial charge in [-0.05, 0) is 11.1 Å². The van der Waals surface area contributed by atoms with E-state index in [1.807, 2.05) is 36.4 Å². The summed E-state index contributed by atoms with van der Waals surface area (Å²) in [5, 5.41) is 11.7. The van der Waals surface area contributed by atoms with Crippen molar-refractivity contribution in [3.63, 3.8) is 0 Å². The molecule has 27 heavy (non-hydrogen) atoms. The van der Waals surface area contributed by atoms with Crippen molar-refractivity contribution in [3.8, 4) is 0 Å². The van der Waals surface area contributed by atoms with Gasteiger partial charge in [-0.15, -0.1) is 0 Å². The zero-order valence-electron chi connectivity index (χ0n) is 14.9. The zero-order chi connectivity index (χ0) is 19.7. The van der Waals surface area contributed by atoms with Crippen molar-refractivity contribution in [2.24, 2.45) is 0 Å². The van der Waals surface area contributed by atoms with Crippen LogP contribution >= 0.6 is 7.37 Å². The monoisotopic (exact) mass is 391 g/mol. The van der Waals surface area contributed by atoms with E-state index in [0.717, 1.165) is 11.1 Å². The molecule has 0 heterocycles. The molecule has 0 fully saturated rings. The van der Waals surface area contributed by atoms with Crippen LogP contribution < -0.4 is 5.32 Å². The number of aliphatic carboxylic acids is 1. The van der Waals surface area contributed by atoms with Crippen molar-refractivity contribution in [2.45, 2.75) is 19.1 Å². The number of hydrogen-bond acceptors (Lipinski definition) is 5. The molecule has 2 aromatic rings. The molecule has 1 amide bonds. The maximum Gasteiger partial charge on any atom is 0.407 e. The summed E-state index contributed by atoms with van der Waals surface area (Å²) in [5.41, 5.74) is 1.57. The highest BCUT2D eigenvalue weighted by atomic mass is 31.2. The first-order valence-corrected chi connectivity index (χ1v) is 10.6. The van der Waals surface area contributed by atoms with Gasteiger partial charge < -0.3 is 19.7 Å². The maximum absolute atomic E-state index is 12.5. The number of alkyl carbamates (subject to hydrolysis) is 1. The van der Waals surface area contributed by atoms with Gasteiger partial charge >= 0.3 is 12.1 Å². The molecule has 0 aliphatic heterocycles. The van der Waals surface area contributed by atoms with Crippen LogP contribution in [0.25, 0.3) is 0 Å². The Morgan fingerprint density at radius 3 is 2.15 bits per heavy atom. The number of rotatable bonds is 9. The van der Waals surface area contributed by atoms with Crippen LogP contribution in [0.4, 0.5) is 4.79 Å². The predicted octanol–water partition coefficient (Wildman–Crippen LogP) is 3.49. The lowest BCUT2D eigenvalue weighted by molar-refractivity contribution is -0.145. The summed E-state index contributed by atoms with van der Waals surface area (Å²) in [6.45, 7) is 1.36. The molecule has 0 spiro atoms. The molecule has 8 heteroatoms.